The summed E-state index contributed by atoms with van der Waals surface area (Å²) in [7, 11) is 0. The summed E-state index contributed by atoms with van der Waals surface area (Å²) in [6.45, 7) is 12.6. The molecule has 10 heteroatoms. The van der Waals surface area contributed by atoms with Crippen molar-refractivity contribution in [2.45, 2.75) is 64.2 Å². The Morgan fingerprint density at radius 2 is 1.86 bits per heavy atom. The lowest BCUT2D eigenvalue weighted by Gasteiger charge is -2.28. The van der Waals surface area contributed by atoms with E-state index in [-0.39, 0.29) is 29.3 Å². The second-order valence-corrected chi connectivity index (χ2v) is 11.2. The number of allylic oxidation sites excluding steroid dienone is 2. The fourth-order valence-electron chi connectivity index (χ4n) is 2.90. The van der Waals surface area contributed by atoms with E-state index in [9.17, 15) is 14.4 Å². The van der Waals surface area contributed by atoms with Gasteiger partial charge in [0.05, 0.1) is 11.2 Å². The van der Waals surface area contributed by atoms with Crippen LogP contribution < -0.4 is 21.0 Å². The number of hydrogen-bond donors (Lipinski definition) is 4. The zero-order valence-corrected chi connectivity index (χ0v) is 21.6. The molecule has 1 fully saturated rings. The molecule has 190 valence electrons. The number of hydrogen-bond acceptors (Lipinski definition) is 7. The van der Waals surface area contributed by atoms with Gasteiger partial charge in [-0.05, 0) is 71.2 Å². The van der Waals surface area contributed by atoms with Crippen LogP contribution in [0.2, 0.25) is 0 Å². The molecule has 2 rings (SSSR count). The van der Waals surface area contributed by atoms with E-state index in [1.807, 2.05) is 13.8 Å². The van der Waals surface area contributed by atoms with Crippen molar-refractivity contribution in [3.05, 3.63) is 54.3 Å². The second kappa shape index (κ2) is 11.9. The summed E-state index contributed by atoms with van der Waals surface area (Å²) in [6.07, 6.45) is 4.33. The zero-order valence-electron chi connectivity index (χ0n) is 20.8. The minimum atomic E-state index is -0.730. The molecule has 1 saturated carbocycles. The van der Waals surface area contributed by atoms with Gasteiger partial charge in [-0.15, -0.1) is 0 Å². The van der Waals surface area contributed by atoms with Gasteiger partial charge in [0.2, 0.25) is 11.8 Å². The van der Waals surface area contributed by atoms with E-state index in [1.165, 1.54) is 0 Å². The smallest absolute Gasteiger partial charge is 0.441 e. The van der Waals surface area contributed by atoms with Gasteiger partial charge in [-0.1, -0.05) is 36.5 Å². The molecule has 35 heavy (non-hydrogen) atoms. The van der Waals surface area contributed by atoms with Crippen LogP contribution in [0.25, 0.3) is 0 Å². The predicted molar refractivity (Wildman–Crippen MR) is 137 cm³/mol. The zero-order chi connectivity index (χ0) is 26.2. The largest absolute Gasteiger partial charge is 0.442 e. The van der Waals surface area contributed by atoms with Crippen molar-refractivity contribution in [2.24, 2.45) is 5.92 Å². The molecule has 1 aromatic rings. The molecule has 4 N–H and O–H groups in total. The maximum Gasteiger partial charge on any atom is 0.441 e. The van der Waals surface area contributed by atoms with E-state index in [1.54, 1.807) is 57.2 Å². The average molecular weight is 503 g/mol. The predicted octanol–water partition coefficient (Wildman–Crippen LogP) is 4.21. The number of carbonyl (C=O) groups is 3. The molecule has 0 unspecified atom stereocenters. The van der Waals surface area contributed by atoms with Crippen LogP contribution in [0, 0.1) is 11.3 Å². The first-order valence-corrected chi connectivity index (χ1v) is 12.1. The van der Waals surface area contributed by atoms with Crippen molar-refractivity contribution in [2.75, 3.05) is 0 Å². The quantitative estimate of drug-likeness (QED) is 0.173. The van der Waals surface area contributed by atoms with Crippen LogP contribution in [0.4, 0.5) is 4.79 Å². The van der Waals surface area contributed by atoms with Crippen molar-refractivity contribution < 1.29 is 24.0 Å². The molecule has 0 atom stereocenters. The molecule has 9 nitrogen and oxygen atoms in total. The van der Waals surface area contributed by atoms with Crippen LogP contribution >= 0.6 is 11.8 Å². The van der Waals surface area contributed by atoms with Crippen molar-refractivity contribution in [1.29, 1.82) is 5.41 Å². The van der Waals surface area contributed by atoms with Gasteiger partial charge in [0.1, 0.15) is 5.60 Å². The number of hydroxylamine groups is 1. The van der Waals surface area contributed by atoms with E-state index < -0.39 is 16.4 Å². The Morgan fingerprint density at radius 3 is 2.46 bits per heavy atom. The van der Waals surface area contributed by atoms with E-state index in [2.05, 4.69) is 22.7 Å². The summed E-state index contributed by atoms with van der Waals surface area (Å²) >= 11 is 1.12. The third-order valence-electron chi connectivity index (χ3n) is 4.66. The first-order valence-electron chi connectivity index (χ1n) is 11.3. The summed E-state index contributed by atoms with van der Waals surface area (Å²) in [5.41, 5.74) is 2.79. The van der Waals surface area contributed by atoms with Gasteiger partial charge < -0.3 is 20.2 Å². The Bertz CT molecular complexity index is 1010. The number of carbonyl (C=O) groups excluding carboxylic acids is 3. The van der Waals surface area contributed by atoms with E-state index in [0.29, 0.717) is 17.0 Å². The van der Waals surface area contributed by atoms with Crippen molar-refractivity contribution >= 4 is 34.8 Å². The normalized spacial score (nSPS) is 13.9. The third kappa shape index (κ3) is 10.3. The molecule has 0 saturated heterocycles. The average Bonchev–Trinajstić information content (AvgIpc) is 3.55. The standard InChI is InChI=1S/C25H34N4O5S/c1-7-9-19(27-21(31)17-12-13-17)25(5,6)35-22(26)28-20(30)15-16-10-8-11-18(14-16)34-29-23(32)33-24(2,3)4/h7-11,14,17H,1,12-13,15H2,2-6H3,(H,27,31)(H,29,32)(H2,26,28,30)/b19-9+. The Kier molecular flexibility index (Phi) is 9.53. The van der Waals surface area contributed by atoms with Gasteiger partial charge in [-0.2, -0.15) is 5.48 Å². The van der Waals surface area contributed by atoms with E-state index in [0.717, 1.165) is 24.6 Å². The summed E-state index contributed by atoms with van der Waals surface area (Å²) in [4.78, 5) is 41.7. The number of benzene rings is 1. The van der Waals surface area contributed by atoms with Crippen LogP contribution in [0.3, 0.4) is 0 Å². The Morgan fingerprint density at radius 1 is 1.17 bits per heavy atom. The van der Waals surface area contributed by atoms with Crippen molar-refractivity contribution in [1.82, 2.24) is 16.1 Å². The summed E-state index contributed by atoms with van der Waals surface area (Å²) in [5, 5.41) is 13.7. The SMILES string of the molecule is C=C/C=C(/NC(=O)C1CC1)C(C)(C)SC(=N)NC(=O)Cc1cccc(ONC(=O)OC(C)(C)C)c1. The molecule has 0 heterocycles. The Hall–Kier alpha value is -3.27. The molecule has 0 radical (unpaired) electrons. The minimum Gasteiger partial charge on any atom is -0.442 e. The second-order valence-electron chi connectivity index (χ2n) is 9.60. The van der Waals surface area contributed by atoms with Gasteiger partial charge in [0.15, 0.2) is 10.9 Å². The van der Waals surface area contributed by atoms with Crippen LogP contribution in [-0.2, 0) is 20.7 Å². The molecule has 3 amide bonds. The summed E-state index contributed by atoms with van der Waals surface area (Å²) in [5.74, 6) is -0.0444. The van der Waals surface area contributed by atoms with Gasteiger partial charge >= 0.3 is 6.09 Å². The van der Waals surface area contributed by atoms with Gasteiger partial charge in [-0.25, -0.2) is 4.79 Å². The Balaban J connectivity index is 1.89. The highest BCUT2D eigenvalue weighted by molar-refractivity contribution is 8.15. The first kappa shape index (κ1) is 28.0. The molecule has 1 aliphatic carbocycles. The molecule has 0 bridgehead atoms. The monoisotopic (exact) mass is 502 g/mol. The number of amides is 3. The highest BCUT2D eigenvalue weighted by atomic mass is 32.2. The Labute approximate surface area is 210 Å². The van der Waals surface area contributed by atoms with Crippen LogP contribution in [0.1, 0.15) is 53.0 Å². The molecule has 1 aromatic carbocycles. The van der Waals surface area contributed by atoms with Crippen LogP contribution in [0.15, 0.2) is 48.7 Å². The maximum atomic E-state index is 12.5. The van der Waals surface area contributed by atoms with Crippen molar-refractivity contribution in [3.63, 3.8) is 0 Å². The molecular weight excluding hydrogens is 468 g/mol. The topological polar surface area (TPSA) is 130 Å². The van der Waals surface area contributed by atoms with Gasteiger partial charge in [0, 0.05) is 11.6 Å². The van der Waals surface area contributed by atoms with Crippen LogP contribution in [-0.4, -0.2) is 33.4 Å². The highest BCUT2D eigenvalue weighted by Gasteiger charge is 2.34. The first-order chi connectivity index (χ1) is 16.3. The number of rotatable bonds is 9. The van der Waals surface area contributed by atoms with Gasteiger partial charge in [0.25, 0.3) is 0 Å². The maximum absolute atomic E-state index is 12.5. The molecular formula is C25H34N4O5S. The lowest BCUT2D eigenvalue weighted by atomic mass is 10.1. The number of amidine groups is 1. The number of thioether (sulfide) groups is 1. The molecule has 0 aromatic heterocycles. The fourth-order valence-corrected chi connectivity index (χ4v) is 3.81. The lowest BCUT2D eigenvalue weighted by Crippen LogP contribution is -2.38. The molecule has 0 aliphatic heterocycles. The minimum absolute atomic E-state index is 0.000770. The van der Waals surface area contributed by atoms with Crippen LogP contribution in [0.5, 0.6) is 5.75 Å². The number of nitrogens with one attached hydrogen (secondary N) is 4. The molecule has 1 aliphatic rings. The summed E-state index contributed by atoms with van der Waals surface area (Å²) < 4.78 is 4.43. The molecule has 0 spiro atoms. The third-order valence-corrected chi connectivity index (χ3v) is 5.70. The summed E-state index contributed by atoms with van der Waals surface area (Å²) in [6, 6.07) is 6.66. The highest BCUT2D eigenvalue weighted by Crippen LogP contribution is 2.34. The lowest BCUT2D eigenvalue weighted by molar-refractivity contribution is -0.121. The number of ether oxygens (including phenoxy) is 1. The fraction of sp³-hybridized carbons (Fsp3) is 0.440. The van der Waals surface area contributed by atoms with E-state index >= 15 is 0 Å². The van der Waals surface area contributed by atoms with Crippen molar-refractivity contribution in [3.8, 4) is 5.75 Å². The van der Waals surface area contributed by atoms with E-state index in [4.69, 9.17) is 15.0 Å². The van der Waals surface area contributed by atoms with Gasteiger partial charge in [-0.3, -0.25) is 15.0 Å².